The van der Waals surface area contributed by atoms with E-state index in [1.807, 2.05) is 0 Å². The molecule has 2 aliphatic carbocycles. The zero-order valence-electron chi connectivity index (χ0n) is 15.1. The number of hydrogen-bond acceptors (Lipinski definition) is 2. The van der Waals surface area contributed by atoms with Gasteiger partial charge in [0.25, 0.3) is 0 Å². The van der Waals surface area contributed by atoms with Gasteiger partial charge in [0, 0.05) is 17.2 Å². The zero-order chi connectivity index (χ0) is 18.1. The van der Waals surface area contributed by atoms with Gasteiger partial charge in [0.2, 0.25) is 0 Å². The van der Waals surface area contributed by atoms with Gasteiger partial charge < -0.3 is 0 Å². The second-order valence-electron chi connectivity index (χ2n) is 7.06. The zero-order valence-corrected chi connectivity index (χ0v) is 15.1. The maximum absolute atomic E-state index is 4.67. The van der Waals surface area contributed by atoms with Crippen LogP contribution in [0.25, 0.3) is 16.5 Å². The van der Waals surface area contributed by atoms with E-state index in [1.54, 1.807) is 0 Å². The normalized spacial score (nSPS) is 21.2. The lowest BCUT2D eigenvalue weighted by atomic mass is 9.97. The highest BCUT2D eigenvalue weighted by atomic mass is 15.3. The predicted molar refractivity (Wildman–Crippen MR) is 110 cm³/mol. The maximum Gasteiger partial charge on any atom is 0.144 e. The van der Waals surface area contributed by atoms with E-state index >= 15 is 0 Å². The predicted octanol–water partition coefficient (Wildman–Crippen LogP) is 5.62. The van der Waals surface area contributed by atoms with Gasteiger partial charge in [0.15, 0.2) is 0 Å². The fourth-order valence-corrected chi connectivity index (χ4v) is 3.98. The Kier molecular flexibility index (Phi) is 4.06. The molecule has 0 spiro atoms. The third-order valence-corrected chi connectivity index (χ3v) is 5.35. The molecule has 3 heteroatoms. The molecule has 1 aromatic heterocycles. The lowest BCUT2D eigenvalue weighted by molar-refractivity contribution is 0.712. The monoisotopic (exact) mass is 351 g/mol. The highest BCUT2D eigenvalue weighted by molar-refractivity contribution is 5.90. The molecule has 2 aliphatic rings. The first-order valence-electron chi connectivity index (χ1n) is 9.52. The molecule has 0 saturated heterocycles. The minimum atomic E-state index is 0.248. The van der Waals surface area contributed by atoms with Crippen LogP contribution >= 0.6 is 0 Å². The van der Waals surface area contributed by atoms with Crippen LogP contribution in [-0.2, 0) is 0 Å². The molecule has 2 unspecified atom stereocenters. The summed E-state index contributed by atoms with van der Waals surface area (Å²) in [4.78, 5) is 0. The minimum Gasteiger partial charge on any atom is -0.281 e. The number of benzene rings is 2. The summed E-state index contributed by atoms with van der Waals surface area (Å²) in [6, 6.07) is 15.0. The SMILES string of the molecule is C1=CCC(c2nnc(C3C=CC=CC3)n2-c2cccc3ccccc23)C=C1. The first kappa shape index (κ1) is 16.0. The van der Waals surface area contributed by atoms with Crippen molar-refractivity contribution in [3.05, 3.63) is 103 Å². The molecule has 0 saturated carbocycles. The van der Waals surface area contributed by atoms with Crippen LogP contribution in [0, 0.1) is 0 Å². The smallest absolute Gasteiger partial charge is 0.144 e. The lowest BCUT2D eigenvalue weighted by Gasteiger charge is -2.20. The Morgan fingerprint density at radius 2 is 1.33 bits per heavy atom. The molecule has 0 aliphatic heterocycles. The molecule has 0 N–H and O–H groups in total. The Bertz CT molecular complexity index is 1050. The molecular formula is C24H21N3. The van der Waals surface area contributed by atoms with Gasteiger partial charge in [0.1, 0.15) is 11.6 Å². The van der Waals surface area contributed by atoms with Crippen molar-refractivity contribution in [2.24, 2.45) is 0 Å². The first-order chi connectivity index (χ1) is 13.4. The average Bonchev–Trinajstić information content (AvgIpc) is 3.19. The maximum atomic E-state index is 4.67. The van der Waals surface area contributed by atoms with Gasteiger partial charge in [0.05, 0.1) is 5.69 Å². The van der Waals surface area contributed by atoms with Crippen molar-refractivity contribution in [2.75, 3.05) is 0 Å². The van der Waals surface area contributed by atoms with Crippen molar-refractivity contribution in [2.45, 2.75) is 24.7 Å². The van der Waals surface area contributed by atoms with Crippen molar-refractivity contribution in [1.29, 1.82) is 0 Å². The third-order valence-electron chi connectivity index (χ3n) is 5.35. The number of fused-ring (bicyclic) bond motifs is 1. The van der Waals surface area contributed by atoms with E-state index in [9.17, 15) is 0 Å². The van der Waals surface area contributed by atoms with E-state index < -0.39 is 0 Å². The quantitative estimate of drug-likeness (QED) is 0.613. The van der Waals surface area contributed by atoms with E-state index in [0.29, 0.717) is 0 Å². The van der Waals surface area contributed by atoms with E-state index in [2.05, 4.69) is 106 Å². The second-order valence-corrected chi connectivity index (χ2v) is 7.06. The fourth-order valence-electron chi connectivity index (χ4n) is 3.98. The van der Waals surface area contributed by atoms with E-state index in [4.69, 9.17) is 0 Å². The number of hydrogen-bond donors (Lipinski definition) is 0. The number of aromatic nitrogens is 3. The van der Waals surface area contributed by atoms with E-state index in [0.717, 1.165) is 30.2 Å². The van der Waals surface area contributed by atoms with Crippen molar-refractivity contribution >= 4 is 10.8 Å². The fraction of sp³-hybridized carbons (Fsp3) is 0.167. The summed E-state index contributed by atoms with van der Waals surface area (Å²) in [6.07, 6.45) is 19.2. The summed E-state index contributed by atoms with van der Waals surface area (Å²) < 4.78 is 2.30. The van der Waals surface area contributed by atoms with Crippen LogP contribution in [0.2, 0.25) is 0 Å². The van der Waals surface area contributed by atoms with Gasteiger partial charge in [-0.1, -0.05) is 85.0 Å². The highest BCUT2D eigenvalue weighted by Gasteiger charge is 2.25. The van der Waals surface area contributed by atoms with Crippen molar-refractivity contribution in [3.8, 4) is 5.69 Å². The van der Waals surface area contributed by atoms with Crippen LogP contribution in [0.15, 0.2) is 91.1 Å². The summed E-state index contributed by atoms with van der Waals surface area (Å²) in [5.74, 6) is 2.53. The molecule has 3 aromatic rings. The number of nitrogens with zero attached hydrogens (tertiary/aromatic N) is 3. The summed E-state index contributed by atoms with van der Waals surface area (Å²) in [7, 11) is 0. The van der Waals surface area contributed by atoms with Crippen molar-refractivity contribution < 1.29 is 0 Å². The molecule has 132 valence electrons. The largest absolute Gasteiger partial charge is 0.281 e. The number of rotatable bonds is 3. The van der Waals surface area contributed by atoms with Crippen LogP contribution in [-0.4, -0.2) is 14.8 Å². The molecule has 0 bridgehead atoms. The van der Waals surface area contributed by atoms with Crippen LogP contribution in [0.4, 0.5) is 0 Å². The molecule has 3 nitrogen and oxygen atoms in total. The third kappa shape index (κ3) is 2.85. The van der Waals surface area contributed by atoms with Gasteiger partial charge in [-0.15, -0.1) is 10.2 Å². The van der Waals surface area contributed by atoms with Gasteiger partial charge in [-0.25, -0.2) is 0 Å². The van der Waals surface area contributed by atoms with Gasteiger partial charge in [-0.3, -0.25) is 4.57 Å². The topological polar surface area (TPSA) is 30.7 Å². The summed E-state index contributed by atoms with van der Waals surface area (Å²) in [5, 5.41) is 11.8. The minimum absolute atomic E-state index is 0.248. The Morgan fingerprint density at radius 3 is 1.96 bits per heavy atom. The summed E-state index contributed by atoms with van der Waals surface area (Å²) in [6.45, 7) is 0. The Hall–Kier alpha value is -3.20. The van der Waals surface area contributed by atoms with Gasteiger partial charge >= 0.3 is 0 Å². The lowest BCUT2D eigenvalue weighted by Crippen LogP contribution is -2.12. The van der Waals surface area contributed by atoms with E-state index in [1.165, 1.54) is 10.8 Å². The second kappa shape index (κ2) is 6.84. The molecule has 5 rings (SSSR count). The molecule has 1 heterocycles. The van der Waals surface area contributed by atoms with Crippen molar-refractivity contribution in [3.63, 3.8) is 0 Å². The molecular weight excluding hydrogens is 330 g/mol. The Morgan fingerprint density at radius 1 is 0.704 bits per heavy atom. The number of allylic oxidation sites excluding steroid dienone is 8. The van der Waals surface area contributed by atoms with Gasteiger partial charge in [-0.05, 0) is 24.3 Å². The molecule has 2 atom stereocenters. The Labute approximate surface area is 159 Å². The van der Waals surface area contributed by atoms with Gasteiger partial charge in [-0.2, -0.15) is 0 Å². The molecule has 2 aromatic carbocycles. The first-order valence-corrected chi connectivity index (χ1v) is 9.52. The molecule has 0 fully saturated rings. The summed E-state index contributed by atoms with van der Waals surface area (Å²) in [5.41, 5.74) is 1.16. The standard InChI is InChI=1S/C24H21N3/c1-3-11-19(12-4-1)23-25-26-24(20-13-5-2-6-14-20)27(23)22-17-9-15-18-10-7-8-16-21(18)22/h1-11,13,15-17,19-20H,12,14H2. The molecule has 27 heavy (non-hydrogen) atoms. The Balaban J connectivity index is 1.74. The summed E-state index contributed by atoms with van der Waals surface area (Å²) >= 11 is 0. The average molecular weight is 351 g/mol. The molecule has 0 radical (unpaired) electrons. The van der Waals surface area contributed by atoms with Crippen LogP contribution in [0.5, 0.6) is 0 Å². The van der Waals surface area contributed by atoms with Crippen LogP contribution in [0.1, 0.15) is 36.3 Å². The van der Waals surface area contributed by atoms with E-state index in [-0.39, 0.29) is 11.8 Å². The van der Waals surface area contributed by atoms with Crippen molar-refractivity contribution in [1.82, 2.24) is 14.8 Å². The highest BCUT2D eigenvalue weighted by Crippen LogP contribution is 2.34. The molecule has 0 amide bonds. The van der Waals surface area contributed by atoms with Crippen LogP contribution < -0.4 is 0 Å². The van der Waals surface area contributed by atoms with Crippen LogP contribution in [0.3, 0.4) is 0 Å².